The molecule has 84 valence electrons. The minimum Gasteiger partial charge on any atom is -0.295 e. The van der Waals surface area contributed by atoms with Gasteiger partial charge in [-0.3, -0.25) is 4.79 Å². The Labute approximate surface area is 93.3 Å². The lowest BCUT2D eigenvalue weighted by atomic mass is 9.84. The second-order valence-corrected chi connectivity index (χ2v) is 5.48. The van der Waals surface area contributed by atoms with Crippen molar-refractivity contribution in [2.45, 2.75) is 52.9 Å². The molecule has 0 aromatic heterocycles. The highest BCUT2D eigenvalue weighted by atomic mass is 16.1. The van der Waals surface area contributed by atoms with E-state index in [1.807, 2.05) is 6.08 Å². The zero-order valence-electron chi connectivity index (χ0n) is 10.2. The quantitative estimate of drug-likeness (QED) is 0.634. The Balaban J connectivity index is 2.25. The van der Waals surface area contributed by atoms with E-state index in [0.29, 0.717) is 5.78 Å². The first-order valence-corrected chi connectivity index (χ1v) is 5.80. The highest BCUT2D eigenvalue weighted by Crippen LogP contribution is 2.29. The molecule has 0 saturated carbocycles. The van der Waals surface area contributed by atoms with Gasteiger partial charge in [-0.25, -0.2) is 0 Å². The number of carbonyl (C=O) groups is 1. The molecule has 1 heteroatoms. The number of hydrogen-bond donors (Lipinski definition) is 0. The van der Waals surface area contributed by atoms with Crippen molar-refractivity contribution in [3.63, 3.8) is 0 Å². The van der Waals surface area contributed by atoms with Crippen molar-refractivity contribution < 1.29 is 4.79 Å². The van der Waals surface area contributed by atoms with Gasteiger partial charge in [0.25, 0.3) is 0 Å². The summed E-state index contributed by atoms with van der Waals surface area (Å²) in [6, 6.07) is 0. The highest BCUT2D eigenvalue weighted by molar-refractivity contribution is 5.92. The molecule has 0 heterocycles. The van der Waals surface area contributed by atoms with Crippen LogP contribution in [-0.4, -0.2) is 5.78 Å². The largest absolute Gasteiger partial charge is 0.295 e. The van der Waals surface area contributed by atoms with E-state index in [9.17, 15) is 4.79 Å². The summed E-state index contributed by atoms with van der Waals surface area (Å²) in [6.07, 6.45) is 6.83. The molecule has 0 atom stereocenters. The van der Waals surface area contributed by atoms with Crippen LogP contribution < -0.4 is 0 Å². The molecule has 1 rings (SSSR count). The summed E-state index contributed by atoms with van der Waals surface area (Å²) < 4.78 is 0. The fourth-order valence-corrected chi connectivity index (χ4v) is 1.76. The summed E-state index contributed by atoms with van der Waals surface area (Å²) in [7, 11) is 0. The van der Waals surface area contributed by atoms with Gasteiger partial charge in [0.05, 0.1) is 0 Å². The molecule has 15 heavy (non-hydrogen) atoms. The van der Waals surface area contributed by atoms with Crippen LogP contribution in [0.1, 0.15) is 52.9 Å². The van der Waals surface area contributed by atoms with Crippen LogP contribution in [0.3, 0.4) is 0 Å². The molecular weight excluding hydrogens is 184 g/mol. The van der Waals surface area contributed by atoms with Crippen molar-refractivity contribution in [2.24, 2.45) is 5.41 Å². The van der Waals surface area contributed by atoms with Crippen LogP contribution in [0.2, 0.25) is 0 Å². The minimum atomic E-state index is 0.222. The smallest absolute Gasteiger partial charge is 0.155 e. The van der Waals surface area contributed by atoms with Crippen LogP contribution in [0.15, 0.2) is 23.8 Å². The first-order chi connectivity index (χ1) is 6.89. The molecule has 0 fully saturated rings. The van der Waals surface area contributed by atoms with E-state index in [1.54, 1.807) is 0 Å². The van der Waals surface area contributed by atoms with E-state index in [-0.39, 0.29) is 5.41 Å². The zero-order valence-corrected chi connectivity index (χ0v) is 10.2. The predicted molar refractivity (Wildman–Crippen MR) is 64.8 cm³/mol. The van der Waals surface area contributed by atoms with Gasteiger partial charge in [0.2, 0.25) is 0 Å². The van der Waals surface area contributed by atoms with E-state index >= 15 is 0 Å². The van der Waals surface area contributed by atoms with Crippen molar-refractivity contribution in [3.8, 4) is 0 Å². The molecule has 0 amide bonds. The molecule has 1 nitrogen and oxygen atoms in total. The standard InChI is InChI=1S/C14H22O/c1-11(14(2,3)4)6-5-7-12-8-9-13(15)10-12/h10H,1,5-9H2,2-4H3. The van der Waals surface area contributed by atoms with Crippen molar-refractivity contribution in [1.29, 1.82) is 0 Å². The fourth-order valence-electron chi connectivity index (χ4n) is 1.76. The van der Waals surface area contributed by atoms with E-state index in [0.717, 1.165) is 32.1 Å². The number of carbonyl (C=O) groups excluding carboxylic acids is 1. The third kappa shape index (κ3) is 4.03. The van der Waals surface area contributed by atoms with Crippen LogP contribution in [0.4, 0.5) is 0 Å². The molecule has 0 spiro atoms. The number of rotatable bonds is 4. The van der Waals surface area contributed by atoms with Crippen molar-refractivity contribution in [2.75, 3.05) is 0 Å². The Morgan fingerprint density at radius 2 is 2.07 bits per heavy atom. The monoisotopic (exact) mass is 206 g/mol. The summed E-state index contributed by atoms with van der Waals surface area (Å²) in [6.45, 7) is 10.7. The lowest BCUT2D eigenvalue weighted by Crippen LogP contribution is -2.08. The maximum atomic E-state index is 11.0. The van der Waals surface area contributed by atoms with Crippen molar-refractivity contribution >= 4 is 5.78 Å². The average molecular weight is 206 g/mol. The molecule has 0 bridgehead atoms. The van der Waals surface area contributed by atoms with Crippen LogP contribution >= 0.6 is 0 Å². The third-order valence-corrected chi connectivity index (χ3v) is 3.09. The summed E-state index contributed by atoms with van der Waals surface area (Å²) in [5, 5.41) is 0. The summed E-state index contributed by atoms with van der Waals surface area (Å²) in [5.41, 5.74) is 2.87. The molecule has 0 aromatic carbocycles. The Hall–Kier alpha value is -0.850. The topological polar surface area (TPSA) is 17.1 Å². The van der Waals surface area contributed by atoms with Gasteiger partial charge in [0.15, 0.2) is 5.78 Å². The predicted octanol–water partition coefficient (Wildman–Crippen LogP) is 4.05. The number of hydrogen-bond acceptors (Lipinski definition) is 1. The van der Waals surface area contributed by atoms with E-state index < -0.39 is 0 Å². The van der Waals surface area contributed by atoms with Crippen LogP contribution in [0, 0.1) is 5.41 Å². The molecule has 0 unspecified atom stereocenters. The Morgan fingerprint density at radius 1 is 1.40 bits per heavy atom. The van der Waals surface area contributed by atoms with Gasteiger partial charge in [-0.15, -0.1) is 0 Å². The van der Waals surface area contributed by atoms with Crippen molar-refractivity contribution in [1.82, 2.24) is 0 Å². The molecule has 0 aromatic rings. The van der Waals surface area contributed by atoms with Gasteiger partial charge >= 0.3 is 0 Å². The fraction of sp³-hybridized carbons (Fsp3) is 0.643. The van der Waals surface area contributed by atoms with E-state index in [4.69, 9.17) is 0 Å². The molecule has 1 aliphatic rings. The van der Waals surface area contributed by atoms with Gasteiger partial charge in [0, 0.05) is 6.42 Å². The molecular formula is C14H22O. The Bertz CT molecular complexity index is 289. The van der Waals surface area contributed by atoms with Gasteiger partial charge in [-0.2, -0.15) is 0 Å². The minimum absolute atomic E-state index is 0.222. The van der Waals surface area contributed by atoms with Crippen LogP contribution in [0.25, 0.3) is 0 Å². The highest BCUT2D eigenvalue weighted by Gasteiger charge is 2.15. The third-order valence-electron chi connectivity index (χ3n) is 3.09. The van der Waals surface area contributed by atoms with Gasteiger partial charge < -0.3 is 0 Å². The van der Waals surface area contributed by atoms with Crippen LogP contribution in [-0.2, 0) is 4.79 Å². The SMILES string of the molecule is C=C(CCCC1=CC(=O)CC1)C(C)(C)C. The van der Waals surface area contributed by atoms with E-state index in [1.165, 1.54) is 11.1 Å². The second-order valence-electron chi connectivity index (χ2n) is 5.48. The van der Waals surface area contributed by atoms with Gasteiger partial charge in [-0.05, 0) is 37.2 Å². The Kier molecular flexibility index (Phi) is 3.90. The lowest BCUT2D eigenvalue weighted by Gasteiger charge is -2.21. The second kappa shape index (κ2) is 4.78. The lowest BCUT2D eigenvalue weighted by molar-refractivity contribution is -0.114. The van der Waals surface area contributed by atoms with Crippen molar-refractivity contribution in [3.05, 3.63) is 23.8 Å². The summed E-state index contributed by atoms with van der Waals surface area (Å²) in [4.78, 5) is 11.0. The Morgan fingerprint density at radius 3 is 2.53 bits per heavy atom. The van der Waals surface area contributed by atoms with Gasteiger partial charge in [0.1, 0.15) is 0 Å². The average Bonchev–Trinajstić information content (AvgIpc) is 2.49. The zero-order chi connectivity index (χ0) is 11.5. The van der Waals surface area contributed by atoms with Crippen LogP contribution in [0.5, 0.6) is 0 Å². The summed E-state index contributed by atoms with van der Waals surface area (Å²) >= 11 is 0. The molecule has 0 N–H and O–H groups in total. The molecule has 0 saturated heterocycles. The van der Waals surface area contributed by atoms with E-state index in [2.05, 4.69) is 27.4 Å². The van der Waals surface area contributed by atoms with Gasteiger partial charge in [-0.1, -0.05) is 38.5 Å². The summed E-state index contributed by atoms with van der Waals surface area (Å²) in [5.74, 6) is 0.305. The molecule has 1 aliphatic carbocycles. The maximum Gasteiger partial charge on any atom is 0.155 e. The molecule has 0 aliphatic heterocycles. The normalized spacial score (nSPS) is 16.7. The molecule has 0 radical (unpaired) electrons. The number of allylic oxidation sites excluding steroid dienone is 3. The first kappa shape index (κ1) is 12.2. The number of ketones is 1. The maximum absolute atomic E-state index is 11.0. The first-order valence-electron chi connectivity index (χ1n) is 5.80.